The topological polar surface area (TPSA) is 70.9 Å². The van der Waals surface area contributed by atoms with Crippen molar-refractivity contribution in [3.05, 3.63) is 41.1 Å². The maximum atomic E-state index is 9.31. The molecule has 2 aromatic rings. The van der Waals surface area contributed by atoms with Crippen molar-refractivity contribution < 1.29 is 0 Å². The van der Waals surface area contributed by atoms with E-state index in [1.165, 1.54) is 0 Å². The zero-order valence-electron chi connectivity index (χ0n) is 12.3. The molecule has 0 saturated carbocycles. The first-order chi connectivity index (χ1) is 9.45. The second kappa shape index (κ2) is 5.25. The Balaban J connectivity index is 2.42. The summed E-state index contributed by atoms with van der Waals surface area (Å²) >= 11 is 0. The van der Waals surface area contributed by atoms with Gasteiger partial charge in [-0.2, -0.15) is 10.4 Å². The molecule has 0 bridgehead atoms. The van der Waals surface area contributed by atoms with Crippen LogP contribution in [0.4, 0.5) is 11.5 Å². The number of aryl methyl sites for hydroxylation is 2. The Morgan fingerprint density at radius 2 is 2.15 bits per heavy atom. The minimum Gasteiger partial charge on any atom is -0.399 e. The highest BCUT2D eigenvalue weighted by Crippen LogP contribution is 2.29. The van der Waals surface area contributed by atoms with Crippen molar-refractivity contribution in [1.29, 1.82) is 5.26 Å². The van der Waals surface area contributed by atoms with Crippen molar-refractivity contribution in [3.63, 3.8) is 0 Å². The molecule has 0 fully saturated rings. The summed E-state index contributed by atoms with van der Waals surface area (Å²) in [7, 11) is 3.82. The van der Waals surface area contributed by atoms with E-state index in [4.69, 9.17) is 5.73 Å². The zero-order chi connectivity index (χ0) is 14.9. The molecule has 1 unspecified atom stereocenters. The van der Waals surface area contributed by atoms with Gasteiger partial charge in [-0.3, -0.25) is 4.68 Å². The van der Waals surface area contributed by atoms with Crippen LogP contribution >= 0.6 is 0 Å². The number of aromatic nitrogens is 2. The minimum absolute atomic E-state index is 0.0976. The van der Waals surface area contributed by atoms with Gasteiger partial charge in [0.15, 0.2) is 0 Å². The lowest BCUT2D eigenvalue weighted by atomic mass is 10.1. The largest absolute Gasteiger partial charge is 0.399 e. The number of nitrogens with zero attached hydrogens (tertiary/aromatic N) is 4. The van der Waals surface area contributed by atoms with Gasteiger partial charge in [-0.15, -0.1) is 0 Å². The summed E-state index contributed by atoms with van der Waals surface area (Å²) < 4.78 is 1.75. The molecular weight excluding hydrogens is 250 g/mol. The molecule has 0 aliphatic heterocycles. The van der Waals surface area contributed by atoms with E-state index in [0.29, 0.717) is 5.56 Å². The van der Waals surface area contributed by atoms with E-state index in [1.807, 2.05) is 50.2 Å². The van der Waals surface area contributed by atoms with Gasteiger partial charge in [0, 0.05) is 19.8 Å². The Morgan fingerprint density at radius 1 is 1.45 bits per heavy atom. The number of nitrogen functional groups attached to an aromatic ring is 1. The molecule has 0 aliphatic rings. The van der Waals surface area contributed by atoms with E-state index in [-0.39, 0.29) is 6.04 Å². The van der Waals surface area contributed by atoms with Crippen LogP contribution in [-0.2, 0) is 7.05 Å². The van der Waals surface area contributed by atoms with Crippen molar-refractivity contribution in [2.45, 2.75) is 19.9 Å². The van der Waals surface area contributed by atoms with Gasteiger partial charge in [-0.05, 0) is 31.5 Å². The van der Waals surface area contributed by atoms with E-state index >= 15 is 0 Å². The monoisotopic (exact) mass is 269 g/mol. The number of nitriles is 1. The van der Waals surface area contributed by atoms with Crippen LogP contribution in [0, 0.1) is 18.3 Å². The summed E-state index contributed by atoms with van der Waals surface area (Å²) in [6, 6.07) is 10.1. The van der Waals surface area contributed by atoms with Crippen LogP contribution in [0.5, 0.6) is 0 Å². The summed E-state index contributed by atoms with van der Waals surface area (Å²) in [6.07, 6.45) is 0. The summed E-state index contributed by atoms with van der Waals surface area (Å²) in [5, 5.41) is 13.6. The van der Waals surface area contributed by atoms with Crippen LogP contribution in [0.2, 0.25) is 0 Å². The summed E-state index contributed by atoms with van der Waals surface area (Å²) in [6.45, 7) is 3.93. The smallest absolute Gasteiger partial charge is 0.145 e. The average molecular weight is 269 g/mol. The van der Waals surface area contributed by atoms with Gasteiger partial charge >= 0.3 is 0 Å². The molecule has 5 nitrogen and oxygen atoms in total. The summed E-state index contributed by atoms with van der Waals surface area (Å²) in [4.78, 5) is 2.05. The van der Waals surface area contributed by atoms with Crippen LogP contribution in [0.15, 0.2) is 24.3 Å². The van der Waals surface area contributed by atoms with Crippen molar-refractivity contribution in [2.24, 2.45) is 7.05 Å². The van der Waals surface area contributed by atoms with Crippen LogP contribution < -0.4 is 10.6 Å². The molecule has 104 valence electrons. The van der Waals surface area contributed by atoms with Crippen LogP contribution in [0.25, 0.3) is 0 Å². The first-order valence-electron chi connectivity index (χ1n) is 6.47. The van der Waals surface area contributed by atoms with Gasteiger partial charge in [0.25, 0.3) is 0 Å². The van der Waals surface area contributed by atoms with E-state index in [9.17, 15) is 5.26 Å². The number of hydrogen-bond acceptors (Lipinski definition) is 4. The SMILES string of the molecule is Cc1nn(C)c(N(C)C(C)c2cccc(N)c2)c1C#N. The number of anilines is 2. The van der Waals surface area contributed by atoms with Gasteiger partial charge in [0.2, 0.25) is 0 Å². The fraction of sp³-hybridized carbons (Fsp3) is 0.333. The van der Waals surface area contributed by atoms with Gasteiger partial charge < -0.3 is 10.6 Å². The van der Waals surface area contributed by atoms with Gasteiger partial charge in [-0.1, -0.05) is 12.1 Å². The maximum absolute atomic E-state index is 9.31. The Labute approximate surface area is 119 Å². The van der Waals surface area contributed by atoms with Crippen LogP contribution in [0.3, 0.4) is 0 Å². The molecular formula is C15H19N5. The number of nitrogens with two attached hydrogens (primary N) is 1. The normalized spacial score (nSPS) is 11.9. The molecule has 0 spiro atoms. The molecule has 1 heterocycles. The molecule has 2 N–H and O–H groups in total. The molecule has 1 aromatic carbocycles. The highest BCUT2D eigenvalue weighted by molar-refractivity contribution is 5.58. The van der Waals surface area contributed by atoms with Gasteiger partial charge in [0.05, 0.1) is 11.7 Å². The lowest BCUT2D eigenvalue weighted by Crippen LogP contribution is -2.24. The van der Waals surface area contributed by atoms with E-state index in [2.05, 4.69) is 18.1 Å². The van der Waals surface area contributed by atoms with Crippen molar-refractivity contribution in [1.82, 2.24) is 9.78 Å². The third-order valence-electron chi connectivity index (χ3n) is 3.61. The lowest BCUT2D eigenvalue weighted by Gasteiger charge is -2.27. The fourth-order valence-corrected chi connectivity index (χ4v) is 2.41. The minimum atomic E-state index is 0.0976. The van der Waals surface area contributed by atoms with Crippen molar-refractivity contribution in [2.75, 3.05) is 17.7 Å². The third-order valence-corrected chi connectivity index (χ3v) is 3.61. The Bertz CT molecular complexity index is 665. The van der Waals surface area contributed by atoms with Crippen LogP contribution in [0.1, 0.15) is 29.8 Å². The highest BCUT2D eigenvalue weighted by atomic mass is 15.4. The fourth-order valence-electron chi connectivity index (χ4n) is 2.41. The molecule has 20 heavy (non-hydrogen) atoms. The second-order valence-corrected chi connectivity index (χ2v) is 4.98. The van der Waals surface area contributed by atoms with E-state index < -0.39 is 0 Å². The van der Waals surface area contributed by atoms with E-state index in [1.54, 1.807) is 4.68 Å². The molecule has 1 atom stereocenters. The first-order valence-corrected chi connectivity index (χ1v) is 6.47. The highest BCUT2D eigenvalue weighted by Gasteiger charge is 2.21. The molecule has 1 aromatic heterocycles. The Kier molecular flexibility index (Phi) is 3.66. The Morgan fingerprint density at radius 3 is 2.75 bits per heavy atom. The second-order valence-electron chi connectivity index (χ2n) is 4.98. The average Bonchev–Trinajstić information content (AvgIpc) is 2.71. The molecule has 5 heteroatoms. The predicted octanol–water partition coefficient (Wildman–Crippen LogP) is 2.38. The number of hydrogen-bond donors (Lipinski definition) is 1. The van der Waals surface area contributed by atoms with Crippen molar-refractivity contribution >= 4 is 11.5 Å². The van der Waals surface area contributed by atoms with Crippen LogP contribution in [-0.4, -0.2) is 16.8 Å². The predicted molar refractivity (Wildman–Crippen MR) is 80.3 cm³/mol. The maximum Gasteiger partial charge on any atom is 0.145 e. The van der Waals surface area contributed by atoms with E-state index in [0.717, 1.165) is 22.8 Å². The standard InChI is InChI=1S/C15H19N5/c1-10-14(9-16)15(20(4)18-10)19(3)11(2)12-6-5-7-13(17)8-12/h5-8,11H,17H2,1-4H3. The quantitative estimate of drug-likeness (QED) is 0.868. The molecule has 0 saturated heterocycles. The van der Waals surface area contributed by atoms with Crippen molar-refractivity contribution in [3.8, 4) is 6.07 Å². The molecule has 0 amide bonds. The number of benzene rings is 1. The third kappa shape index (κ3) is 2.32. The molecule has 2 rings (SSSR count). The number of rotatable bonds is 3. The molecule has 0 radical (unpaired) electrons. The first kappa shape index (κ1) is 13.9. The van der Waals surface area contributed by atoms with Gasteiger partial charge in [-0.25, -0.2) is 0 Å². The molecule has 0 aliphatic carbocycles. The zero-order valence-corrected chi connectivity index (χ0v) is 12.3. The van der Waals surface area contributed by atoms with Gasteiger partial charge in [0.1, 0.15) is 17.5 Å². The Hall–Kier alpha value is -2.48. The lowest BCUT2D eigenvalue weighted by molar-refractivity contribution is 0.673. The summed E-state index contributed by atoms with van der Waals surface area (Å²) in [5.41, 5.74) is 9.05. The summed E-state index contributed by atoms with van der Waals surface area (Å²) in [5.74, 6) is 0.819.